The Morgan fingerprint density at radius 3 is 2.57 bits per heavy atom. The van der Waals surface area contributed by atoms with E-state index in [-0.39, 0.29) is 5.92 Å². The van der Waals surface area contributed by atoms with Gasteiger partial charge in [-0.3, -0.25) is 10.1 Å². The number of urea groups is 1. The number of rotatable bonds is 6. The molecular formula is C14H23N5O2S2. The van der Waals surface area contributed by atoms with Crippen LogP contribution in [0.4, 0.5) is 9.93 Å². The number of thioether (sulfide) groups is 1. The summed E-state index contributed by atoms with van der Waals surface area (Å²) >= 11 is 2.76. The number of hydrogen-bond donors (Lipinski definition) is 3. The standard InChI is InChI=1S/C14H23N5O2S2/c1-8(2)10(11(20)17-12(15)21)22-14-19-18-13(23-14)16-9-6-4-3-5-7-9/h8-10H,3-7H2,1-2H3,(H,16,18)(H3,15,17,20,21)/t10-/m0/s1. The van der Waals surface area contributed by atoms with E-state index in [0.717, 1.165) is 18.0 Å². The zero-order chi connectivity index (χ0) is 16.8. The van der Waals surface area contributed by atoms with Gasteiger partial charge in [-0.2, -0.15) is 0 Å². The molecule has 1 fully saturated rings. The number of hydrogen-bond acceptors (Lipinski definition) is 7. The molecule has 0 unspecified atom stereocenters. The zero-order valence-corrected chi connectivity index (χ0v) is 15.0. The maximum Gasteiger partial charge on any atom is 0.318 e. The summed E-state index contributed by atoms with van der Waals surface area (Å²) in [6, 6.07) is -0.369. The summed E-state index contributed by atoms with van der Waals surface area (Å²) in [5, 5.41) is 14.2. The number of aromatic nitrogens is 2. The van der Waals surface area contributed by atoms with Crippen molar-refractivity contribution in [1.82, 2.24) is 15.5 Å². The summed E-state index contributed by atoms with van der Waals surface area (Å²) in [4.78, 5) is 22.9. The van der Waals surface area contributed by atoms with E-state index in [2.05, 4.69) is 20.8 Å². The van der Waals surface area contributed by atoms with E-state index < -0.39 is 17.2 Å². The van der Waals surface area contributed by atoms with Gasteiger partial charge in [-0.1, -0.05) is 56.2 Å². The minimum absolute atomic E-state index is 0.0398. The molecule has 1 aliphatic rings. The number of primary amides is 1. The van der Waals surface area contributed by atoms with Crippen LogP contribution in [0.2, 0.25) is 0 Å². The van der Waals surface area contributed by atoms with E-state index in [0.29, 0.717) is 10.4 Å². The fourth-order valence-electron chi connectivity index (χ4n) is 2.53. The van der Waals surface area contributed by atoms with Gasteiger partial charge in [0.25, 0.3) is 0 Å². The van der Waals surface area contributed by atoms with Crippen molar-refractivity contribution in [2.24, 2.45) is 11.7 Å². The first-order chi connectivity index (χ1) is 11.0. The Bertz CT molecular complexity index is 543. The molecule has 1 aliphatic carbocycles. The summed E-state index contributed by atoms with van der Waals surface area (Å²) < 4.78 is 0.710. The molecule has 0 radical (unpaired) electrons. The molecule has 1 saturated carbocycles. The van der Waals surface area contributed by atoms with E-state index in [1.807, 2.05) is 13.8 Å². The van der Waals surface area contributed by atoms with E-state index in [1.54, 1.807) is 0 Å². The van der Waals surface area contributed by atoms with Crippen molar-refractivity contribution in [3.8, 4) is 0 Å². The molecule has 2 rings (SSSR count). The van der Waals surface area contributed by atoms with Crippen molar-refractivity contribution >= 4 is 40.2 Å². The van der Waals surface area contributed by atoms with Crippen LogP contribution in [0.1, 0.15) is 46.0 Å². The average Bonchev–Trinajstić information content (AvgIpc) is 2.92. The first-order valence-electron chi connectivity index (χ1n) is 7.82. The van der Waals surface area contributed by atoms with Crippen LogP contribution < -0.4 is 16.4 Å². The first-order valence-corrected chi connectivity index (χ1v) is 9.52. The minimum atomic E-state index is -0.835. The number of carbonyl (C=O) groups is 2. The normalized spacial score (nSPS) is 17.0. The van der Waals surface area contributed by atoms with Gasteiger partial charge in [0.2, 0.25) is 11.0 Å². The van der Waals surface area contributed by atoms with Gasteiger partial charge in [0, 0.05) is 6.04 Å². The second kappa shape index (κ2) is 8.49. The lowest BCUT2D eigenvalue weighted by molar-refractivity contribution is -0.120. The molecule has 1 heterocycles. The van der Waals surface area contributed by atoms with Crippen LogP contribution in [0.15, 0.2) is 4.34 Å². The largest absolute Gasteiger partial charge is 0.357 e. The van der Waals surface area contributed by atoms with Crippen molar-refractivity contribution < 1.29 is 9.59 Å². The third-order valence-electron chi connectivity index (χ3n) is 3.68. The molecule has 0 aliphatic heterocycles. The molecule has 0 bridgehead atoms. The Labute approximate surface area is 144 Å². The molecular weight excluding hydrogens is 334 g/mol. The van der Waals surface area contributed by atoms with Crippen LogP contribution in [0.25, 0.3) is 0 Å². The molecule has 0 saturated heterocycles. The zero-order valence-electron chi connectivity index (χ0n) is 13.4. The SMILES string of the molecule is CC(C)[C@H](Sc1nnc(NC2CCCCC2)s1)C(=O)NC(N)=O. The lowest BCUT2D eigenvalue weighted by Crippen LogP contribution is -2.42. The van der Waals surface area contributed by atoms with E-state index in [4.69, 9.17) is 5.73 Å². The van der Waals surface area contributed by atoms with Crippen LogP contribution in [-0.2, 0) is 4.79 Å². The molecule has 0 aromatic carbocycles. The van der Waals surface area contributed by atoms with Crippen LogP contribution in [0.5, 0.6) is 0 Å². The second-order valence-corrected chi connectivity index (χ2v) is 8.35. The van der Waals surface area contributed by atoms with Gasteiger partial charge >= 0.3 is 6.03 Å². The van der Waals surface area contributed by atoms with Gasteiger partial charge in [0.05, 0.1) is 5.25 Å². The van der Waals surface area contributed by atoms with Gasteiger partial charge in [0.15, 0.2) is 4.34 Å². The molecule has 9 heteroatoms. The van der Waals surface area contributed by atoms with E-state index >= 15 is 0 Å². The Morgan fingerprint density at radius 1 is 1.26 bits per heavy atom. The Kier molecular flexibility index (Phi) is 6.64. The Morgan fingerprint density at radius 2 is 1.96 bits per heavy atom. The summed E-state index contributed by atoms with van der Waals surface area (Å²) in [6.07, 6.45) is 6.14. The van der Waals surface area contributed by atoms with Gasteiger partial charge in [0.1, 0.15) is 0 Å². The number of nitrogens with zero attached hydrogens (tertiary/aromatic N) is 2. The van der Waals surface area contributed by atoms with E-state index in [9.17, 15) is 9.59 Å². The quantitative estimate of drug-likeness (QED) is 0.675. The van der Waals surface area contributed by atoms with E-state index in [1.165, 1.54) is 42.4 Å². The highest BCUT2D eigenvalue weighted by Gasteiger charge is 2.26. The molecule has 7 nitrogen and oxygen atoms in total. The third-order valence-corrected chi connectivity index (χ3v) is 6.16. The molecule has 128 valence electrons. The number of nitrogens with one attached hydrogen (secondary N) is 2. The number of anilines is 1. The number of imide groups is 1. The molecule has 1 atom stereocenters. The number of nitrogens with two attached hydrogens (primary N) is 1. The van der Waals surface area contributed by atoms with Crippen LogP contribution in [0.3, 0.4) is 0 Å². The molecule has 4 N–H and O–H groups in total. The molecule has 1 aromatic heterocycles. The van der Waals surface area contributed by atoms with Crippen molar-refractivity contribution in [3.63, 3.8) is 0 Å². The maximum absolute atomic E-state index is 12.0. The fourth-order valence-corrected chi connectivity index (χ4v) is 4.57. The highest BCUT2D eigenvalue weighted by molar-refractivity contribution is 8.02. The van der Waals surface area contributed by atoms with Crippen molar-refractivity contribution in [1.29, 1.82) is 0 Å². The first kappa shape index (κ1) is 18.0. The van der Waals surface area contributed by atoms with Crippen LogP contribution >= 0.6 is 23.1 Å². The Balaban J connectivity index is 1.95. The van der Waals surface area contributed by atoms with Crippen molar-refractivity contribution in [2.75, 3.05) is 5.32 Å². The predicted octanol–water partition coefficient (Wildman–Crippen LogP) is 2.59. The maximum atomic E-state index is 12.0. The topological polar surface area (TPSA) is 110 Å². The molecule has 0 spiro atoms. The lowest BCUT2D eigenvalue weighted by atomic mass is 9.96. The lowest BCUT2D eigenvalue weighted by Gasteiger charge is -2.21. The monoisotopic (exact) mass is 357 g/mol. The van der Waals surface area contributed by atoms with Gasteiger partial charge in [-0.15, -0.1) is 10.2 Å². The Hall–Kier alpha value is -1.35. The highest BCUT2D eigenvalue weighted by Crippen LogP contribution is 2.33. The second-order valence-electron chi connectivity index (χ2n) is 5.99. The average molecular weight is 358 g/mol. The number of carbonyl (C=O) groups excluding carboxylic acids is 2. The van der Waals surface area contributed by atoms with Gasteiger partial charge in [-0.25, -0.2) is 4.79 Å². The summed E-state index contributed by atoms with van der Waals surface area (Å²) in [5.41, 5.74) is 5.02. The van der Waals surface area contributed by atoms with Crippen LogP contribution in [-0.4, -0.2) is 33.4 Å². The summed E-state index contributed by atoms with van der Waals surface area (Å²) in [5.74, 6) is -0.354. The third kappa shape index (κ3) is 5.65. The molecule has 1 aromatic rings. The van der Waals surface area contributed by atoms with Crippen molar-refractivity contribution in [3.05, 3.63) is 0 Å². The minimum Gasteiger partial charge on any atom is -0.357 e. The summed E-state index contributed by atoms with van der Waals surface area (Å²) in [7, 11) is 0. The highest BCUT2D eigenvalue weighted by atomic mass is 32.2. The van der Waals surface area contributed by atoms with Crippen molar-refractivity contribution in [2.45, 2.75) is 61.6 Å². The molecule has 23 heavy (non-hydrogen) atoms. The van der Waals surface area contributed by atoms with Gasteiger partial charge < -0.3 is 11.1 Å². The van der Waals surface area contributed by atoms with Gasteiger partial charge in [-0.05, 0) is 18.8 Å². The van der Waals surface area contributed by atoms with Crippen LogP contribution in [0, 0.1) is 5.92 Å². The fraction of sp³-hybridized carbons (Fsp3) is 0.714. The smallest absolute Gasteiger partial charge is 0.318 e. The molecule has 3 amide bonds. The number of amides is 3. The predicted molar refractivity (Wildman–Crippen MR) is 92.6 cm³/mol. The summed E-state index contributed by atoms with van der Waals surface area (Å²) in [6.45, 7) is 3.83.